The van der Waals surface area contributed by atoms with Crippen molar-refractivity contribution in [3.05, 3.63) is 47.9 Å². The zero-order valence-electron chi connectivity index (χ0n) is 12.8. The Morgan fingerprint density at radius 2 is 1.90 bits per heavy atom. The SMILES string of the molecule is Cc1cccc(NC(=O)c2cc(NC(C)(C)C)ncn2)c1. The van der Waals surface area contributed by atoms with Crippen LogP contribution in [0.5, 0.6) is 0 Å². The fraction of sp³-hybridized carbons (Fsp3) is 0.312. The molecule has 2 rings (SSSR count). The molecule has 1 aromatic carbocycles. The lowest BCUT2D eigenvalue weighted by Crippen LogP contribution is -2.27. The molecule has 2 N–H and O–H groups in total. The Bertz CT molecular complexity index is 647. The maximum Gasteiger partial charge on any atom is 0.274 e. The van der Waals surface area contributed by atoms with Crippen LogP contribution in [0.3, 0.4) is 0 Å². The normalized spacial score (nSPS) is 11.0. The van der Waals surface area contributed by atoms with Crippen molar-refractivity contribution in [1.29, 1.82) is 0 Å². The molecule has 5 heteroatoms. The second-order valence-corrected chi connectivity index (χ2v) is 5.99. The molecule has 110 valence electrons. The molecule has 0 radical (unpaired) electrons. The van der Waals surface area contributed by atoms with Crippen molar-refractivity contribution < 1.29 is 4.79 Å². The summed E-state index contributed by atoms with van der Waals surface area (Å²) in [7, 11) is 0. The highest BCUT2D eigenvalue weighted by Crippen LogP contribution is 2.14. The van der Waals surface area contributed by atoms with Crippen LogP contribution in [0, 0.1) is 6.92 Å². The first-order chi connectivity index (χ1) is 9.83. The number of hydrogen-bond acceptors (Lipinski definition) is 4. The van der Waals surface area contributed by atoms with Gasteiger partial charge in [0.05, 0.1) is 0 Å². The third-order valence-corrected chi connectivity index (χ3v) is 2.68. The van der Waals surface area contributed by atoms with Crippen LogP contribution >= 0.6 is 0 Å². The number of aromatic nitrogens is 2. The molecule has 0 aliphatic heterocycles. The predicted molar refractivity (Wildman–Crippen MR) is 84.5 cm³/mol. The number of carbonyl (C=O) groups excluding carboxylic acids is 1. The smallest absolute Gasteiger partial charge is 0.274 e. The highest BCUT2D eigenvalue weighted by molar-refractivity contribution is 6.03. The molecular formula is C16H20N4O. The molecule has 0 fully saturated rings. The summed E-state index contributed by atoms with van der Waals surface area (Å²) in [6, 6.07) is 9.29. The van der Waals surface area contributed by atoms with Crippen molar-refractivity contribution in [2.24, 2.45) is 0 Å². The first kappa shape index (κ1) is 15.0. The van der Waals surface area contributed by atoms with Crippen molar-refractivity contribution in [3.8, 4) is 0 Å². The molecule has 0 atom stereocenters. The minimum atomic E-state index is -0.250. The maximum absolute atomic E-state index is 12.2. The Morgan fingerprint density at radius 3 is 2.57 bits per heavy atom. The zero-order valence-corrected chi connectivity index (χ0v) is 12.8. The van der Waals surface area contributed by atoms with E-state index >= 15 is 0 Å². The lowest BCUT2D eigenvalue weighted by atomic mass is 10.1. The van der Waals surface area contributed by atoms with Crippen molar-refractivity contribution in [1.82, 2.24) is 9.97 Å². The Kier molecular flexibility index (Phi) is 4.21. The van der Waals surface area contributed by atoms with E-state index in [1.807, 2.05) is 52.0 Å². The topological polar surface area (TPSA) is 66.9 Å². The zero-order chi connectivity index (χ0) is 15.5. The van der Waals surface area contributed by atoms with Gasteiger partial charge < -0.3 is 10.6 Å². The Balaban J connectivity index is 2.14. The predicted octanol–water partition coefficient (Wildman–Crippen LogP) is 3.25. The number of aryl methyl sites for hydroxylation is 1. The van der Waals surface area contributed by atoms with Gasteiger partial charge in [0.15, 0.2) is 0 Å². The van der Waals surface area contributed by atoms with Crippen LogP contribution < -0.4 is 10.6 Å². The standard InChI is InChI=1S/C16H20N4O/c1-11-6-5-7-12(8-11)19-15(21)13-9-14(18-10-17-13)20-16(2,3)4/h5-10H,1-4H3,(H,19,21)(H,17,18,20). The highest BCUT2D eigenvalue weighted by atomic mass is 16.1. The molecule has 0 spiro atoms. The summed E-state index contributed by atoms with van der Waals surface area (Å²) in [5.74, 6) is 0.381. The van der Waals surface area contributed by atoms with Crippen molar-refractivity contribution >= 4 is 17.4 Å². The lowest BCUT2D eigenvalue weighted by Gasteiger charge is -2.21. The Labute approximate surface area is 124 Å². The molecule has 0 saturated carbocycles. The summed E-state index contributed by atoms with van der Waals surface area (Å²) >= 11 is 0. The third-order valence-electron chi connectivity index (χ3n) is 2.68. The van der Waals surface area contributed by atoms with Crippen LogP contribution in [0.4, 0.5) is 11.5 Å². The van der Waals surface area contributed by atoms with E-state index in [4.69, 9.17) is 0 Å². The quantitative estimate of drug-likeness (QED) is 0.908. The van der Waals surface area contributed by atoms with Crippen molar-refractivity contribution in [3.63, 3.8) is 0 Å². The van der Waals surface area contributed by atoms with Gasteiger partial charge in [-0.1, -0.05) is 12.1 Å². The van der Waals surface area contributed by atoms with E-state index in [1.54, 1.807) is 6.07 Å². The van der Waals surface area contributed by atoms with Crippen LogP contribution in [0.1, 0.15) is 36.8 Å². The second kappa shape index (κ2) is 5.91. The molecule has 1 aromatic heterocycles. The Hall–Kier alpha value is -2.43. The number of carbonyl (C=O) groups is 1. The fourth-order valence-corrected chi connectivity index (χ4v) is 1.85. The molecule has 0 unspecified atom stereocenters. The fourth-order valence-electron chi connectivity index (χ4n) is 1.85. The second-order valence-electron chi connectivity index (χ2n) is 5.99. The highest BCUT2D eigenvalue weighted by Gasteiger charge is 2.13. The minimum Gasteiger partial charge on any atom is -0.365 e. The average molecular weight is 284 g/mol. The third kappa shape index (κ3) is 4.56. The molecule has 0 aliphatic carbocycles. The van der Waals surface area contributed by atoms with E-state index in [0.717, 1.165) is 11.3 Å². The molecule has 0 aliphatic rings. The van der Waals surface area contributed by atoms with Crippen LogP contribution in [-0.2, 0) is 0 Å². The average Bonchev–Trinajstić information content (AvgIpc) is 2.37. The number of nitrogens with zero attached hydrogens (tertiary/aromatic N) is 2. The largest absolute Gasteiger partial charge is 0.365 e. The number of benzene rings is 1. The van der Waals surface area contributed by atoms with Gasteiger partial charge in [-0.2, -0.15) is 0 Å². The first-order valence-electron chi connectivity index (χ1n) is 6.82. The molecule has 2 aromatic rings. The molecule has 1 heterocycles. The summed E-state index contributed by atoms with van der Waals surface area (Å²) in [5.41, 5.74) is 2.05. The van der Waals surface area contributed by atoms with E-state index in [9.17, 15) is 4.79 Å². The summed E-state index contributed by atoms with van der Waals surface area (Å²) in [6.45, 7) is 8.07. The van der Waals surface area contributed by atoms with E-state index in [0.29, 0.717) is 11.5 Å². The molecule has 5 nitrogen and oxygen atoms in total. The molecule has 1 amide bonds. The maximum atomic E-state index is 12.2. The minimum absolute atomic E-state index is 0.126. The van der Waals surface area contributed by atoms with Gasteiger partial charge in [0.25, 0.3) is 5.91 Å². The van der Waals surface area contributed by atoms with E-state index < -0.39 is 0 Å². The number of rotatable bonds is 3. The van der Waals surface area contributed by atoms with Crippen LogP contribution in [0.2, 0.25) is 0 Å². The van der Waals surface area contributed by atoms with Gasteiger partial charge >= 0.3 is 0 Å². The van der Waals surface area contributed by atoms with Crippen molar-refractivity contribution in [2.45, 2.75) is 33.2 Å². The summed E-state index contributed by atoms with van der Waals surface area (Å²) in [4.78, 5) is 20.4. The summed E-state index contributed by atoms with van der Waals surface area (Å²) < 4.78 is 0. The number of nitrogens with one attached hydrogen (secondary N) is 2. The van der Waals surface area contributed by atoms with E-state index in [-0.39, 0.29) is 11.4 Å². The number of amides is 1. The van der Waals surface area contributed by atoms with Gasteiger partial charge in [0.2, 0.25) is 0 Å². The van der Waals surface area contributed by atoms with E-state index in [1.165, 1.54) is 6.33 Å². The lowest BCUT2D eigenvalue weighted by molar-refractivity contribution is 0.102. The van der Waals surface area contributed by atoms with Crippen LogP contribution in [0.15, 0.2) is 36.7 Å². The monoisotopic (exact) mass is 284 g/mol. The molecule has 21 heavy (non-hydrogen) atoms. The van der Waals surface area contributed by atoms with E-state index in [2.05, 4.69) is 20.6 Å². The molecule has 0 saturated heterocycles. The summed E-state index contributed by atoms with van der Waals surface area (Å²) in [6.07, 6.45) is 1.39. The van der Waals surface area contributed by atoms with Gasteiger partial charge in [-0.05, 0) is 45.4 Å². The number of hydrogen-bond donors (Lipinski definition) is 2. The van der Waals surface area contributed by atoms with Gasteiger partial charge in [-0.15, -0.1) is 0 Å². The van der Waals surface area contributed by atoms with Crippen molar-refractivity contribution in [2.75, 3.05) is 10.6 Å². The van der Waals surface area contributed by atoms with Gasteiger partial charge in [-0.3, -0.25) is 4.79 Å². The van der Waals surface area contributed by atoms with Gasteiger partial charge in [0.1, 0.15) is 17.8 Å². The van der Waals surface area contributed by atoms with Crippen LogP contribution in [0.25, 0.3) is 0 Å². The number of anilines is 2. The molecule has 0 bridgehead atoms. The first-order valence-corrected chi connectivity index (χ1v) is 6.82. The van der Waals surface area contributed by atoms with Gasteiger partial charge in [0, 0.05) is 17.3 Å². The summed E-state index contributed by atoms with van der Waals surface area (Å²) in [5, 5.41) is 6.05. The Morgan fingerprint density at radius 1 is 1.14 bits per heavy atom. The van der Waals surface area contributed by atoms with Crippen LogP contribution in [-0.4, -0.2) is 21.4 Å². The van der Waals surface area contributed by atoms with Gasteiger partial charge in [-0.25, -0.2) is 9.97 Å². The molecular weight excluding hydrogens is 264 g/mol.